The molecular formula is C20H22N2O3. The molecule has 0 spiro atoms. The smallest absolute Gasteiger partial charge is 0.254 e. The van der Waals surface area contributed by atoms with Crippen LogP contribution in [0.2, 0.25) is 0 Å². The first-order chi connectivity index (χ1) is 12.1. The van der Waals surface area contributed by atoms with E-state index in [1.807, 2.05) is 36.1 Å². The third-order valence-electron chi connectivity index (χ3n) is 4.48. The normalized spacial score (nSPS) is 16.7. The summed E-state index contributed by atoms with van der Waals surface area (Å²) in [6.07, 6.45) is 1.88. The zero-order valence-electron chi connectivity index (χ0n) is 14.3. The average Bonchev–Trinajstić information content (AvgIpc) is 3.12. The fraction of sp³-hybridized carbons (Fsp3) is 0.300. The number of hydrogen-bond donors (Lipinski definition) is 1. The number of primary amides is 1. The van der Waals surface area contributed by atoms with E-state index in [1.54, 1.807) is 24.3 Å². The summed E-state index contributed by atoms with van der Waals surface area (Å²) in [5.74, 6) is 0.231. The molecule has 130 valence electrons. The molecule has 1 saturated heterocycles. The third-order valence-corrected chi connectivity index (χ3v) is 4.48. The average molecular weight is 338 g/mol. The van der Waals surface area contributed by atoms with E-state index >= 15 is 0 Å². The summed E-state index contributed by atoms with van der Waals surface area (Å²) in [7, 11) is 0. The molecule has 0 aromatic heterocycles. The predicted molar refractivity (Wildman–Crippen MR) is 95.6 cm³/mol. The van der Waals surface area contributed by atoms with Gasteiger partial charge in [0.15, 0.2) is 0 Å². The number of amides is 2. The van der Waals surface area contributed by atoms with Gasteiger partial charge in [-0.05, 0) is 55.7 Å². The number of rotatable bonds is 5. The Balaban J connectivity index is 1.82. The second kappa shape index (κ2) is 7.38. The third kappa shape index (κ3) is 3.65. The highest BCUT2D eigenvalue weighted by molar-refractivity contribution is 5.99. The van der Waals surface area contributed by atoms with Crippen LogP contribution in [0.4, 0.5) is 0 Å². The van der Waals surface area contributed by atoms with E-state index in [1.165, 1.54) is 0 Å². The first-order valence-corrected chi connectivity index (χ1v) is 8.53. The summed E-state index contributed by atoms with van der Waals surface area (Å²) < 4.78 is 5.48. The van der Waals surface area contributed by atoms with Crippen molar-refractivity contribution in [3.8, 4) is 5.75 Å². The molecule has 25 heavy (non-hydrogen) atoms. The molecule has 0 saturated carbocycles. The Kier molecular flexibility index (Phi) is 5.03. The maximum atomic E-state index is 12.9. The van der Waals surface area contributed by atoms with Crippen molar-refractivity contribution in [3.63, 3.8) is 0 Å². The Morgan fingerprint density at radius 3 is 2.56 bits per heavy atom. The number of likely N-dealkylation sites (tertiary alicyclic amines) is 1. The minimum absolute atomic E-state index is 0.0420. The lowest BCUT2D eigenvalue weighted by atomic mass is 10.0. The van der Waals surface area contributed by atoms with E-state index in [4.69, 9.17) is 10.5 Å². The van der Waals surface area contributed by atoms with Gasteiger partial charge in [0.2, 0.25) is 5.91 Å². The molecule has 1 atom stereocenters. The van der Waals surface area contributed by atoms with Gasteiger partial charge in [-0.1, -0.05) is 18.2 Å². The number of benzene rings is 2. The van der Waals surface area contributed by atoms with Crippen LogP contribution >= 0.6 is 0 Å². The van der Waals surface area contributed by atoms with E-state index < -0.39 is 5.91 Å². The first kappa shape index (κ1) is 17.0. The monoisotopic (exact) mass is 338 g/mol. The summed E-state index contributed by atoms with van der Waals surface area (Å²) in [5.41, 5.74) is 7.26. The van der Waals surface area contributed by atoms with Gasteiger partial charge in [0, 0.05) is 17.7 Å². The van der Waals surface area contributed by atoms with Crippen molar-refractivity contribution in [1.29, 1.82) is 0 Å². The van der Waals surface area contributed by atoms with Gasteiger partial charge < -0.3 is 15.4 Å². The van der Waals surface area contributed by atoms with Crippen molar-refractivity contribution in [1.82, 2.24) is 4.90 Å². The second-order valence-electron chi connectivity index (χ2n) is 6.10. The fourth-order valence-corrected chi connectivity index (χ4v) is 3.28. The molecule has 2 aromatic carbocycles. The van der Waals surface area contributed by atoms with Crippen LogP contribution in [0.25, 0.3) is 0 Å². The van der Waals surface area contributed by atoms with Gasteiger partial charge in [-0.2, -0.15) is 0 Å². The number of nitrogens with two attached hydrogens (primary N) is 1. The molecular weight excluding hydrogens is 316 g/mol. The van der Waals surface area contributed by atoms with Crippen molar-refractivity contribution >= 4 is 11.8 Å². The van der Waals surface area contributed by atoms with Crippen LogP contribution in [-0.4, -0.2) is 29.9 Å². The summed E-state index contributed by atoms with van der Waals surface area (Å²) >= 11 is 0. The SMILES string of the molecule is CCOc1ccc(C2CCCN2C(=O)c2cccc(C(N)=O)c2)cc1. The summed E-state index contributed by atoms with van der Waals surface area (Å²) in [6, 6.07) is 14.5. The maximum absolute atomic E-state index is 12.9. The molecule has 1 heterocycles. The van der Waals surface area contributed by atoms with E-state index in [0.29, 0.717) is 24.3 Å². The highest BCUT2D eigenvalue weighted by Crippen LogP contribution is 2.34. The van der Waals surface area contributed by atoms with E-state index in [2.05, 4.69) is 0 Å². The molecule has 5 heteroatoms. The molecule has 1 aliphatic heterocycles. The zero-order valence-corrected chi connectivity index (χ0v) is 14.3. The zero-order chi connectivity index (χ0) is 17.8. The standard InChI is InChI=1S/C20H22N2O3/c1-2-25-17-10-8-14(9-11-17)18-7-4-12-22(18)20(24)16-6-3-5-15(13-16)19(21)23/h3,5-6,8-11,13,18H,2,4,7,12H2,1H3,(H2,21,23). The summed E-state index contributed by atoms with van der Waals surface area (Å²) in [6.45, 7) is 3.28. The van der Waals surface area contributed by atoms with Crippen LogP contribution in [0.3, 0.4) is 0 Å². The Morgan fingerprint density at radius 2 is 1.88 bits per heavy atom. The van der Waals surface area contributed by atoms with Gasteiger partial charge in [0.25, 0.3) is 5.91 Å². The van der Waals surface area contributed by atoms with Gasteiger partial charge in [0.1, 0.15) is 5.75 Å². The highest BCUT2D eigenvalue weighted by Gasteiger charge is 2.30. The van der Waals surface area contributed by atoms with Crippen molar-refractivity contribution < 1.29 is 14.3 Å². The number of hydrogen-bond acceptors (Lipinski definition) is 3. The van der Waals surface area contributed by atoms with E-state index in [-0.39, 0.29) is 11.9 Å². The molecule has 3 rings (SSSR count). The Bertz CT molecular complexity index is 771. The Morgan fingerprint density at radius 1 is 1.16 bits per heavy atom. The van der Waals surface area contributed by atoms with E-state index in [0.717, 1.165) is 24.2 Å². The van der Waals surface area contributed by atoms with Crippen LogP contribution in [-0.2, 0) is 0 Å². The molecule has 2 N–H and O–H groups in total. The molecule has 0 aliphatic carbocycles. The van der Waals surface area contributed by atoms with Gasteiger partial charge in [-0.15, -0.1) is 0 Å². The highest BCUT2D eigenvalue weighted by atomic mass is 16.5. The van der Waals surface area contributed by atoms with Crippen LogP contribution < -0.4 is 10.5 Å². The molecule has 0 bridgehead atoms. The van der Waals surface area contributed by atoms with Gasteiger partial charge in [-0.3, -0.25) is 9.59 Å². The molecule has 2 aromatic rings. The molecule has 5 nitrogen and oxygen atoms in total. The van der Waals surface area contributed by atoms with E-state index in [9.17, 15) is 9.59 Å². The number of nitrogens with zero attached hydrogens (tertiary/aromatic N) is 1. The van der Waals surface area contributed by atoms with Gasteiger partial charge in [0.05, 0.1) is 12.6 Å². The maximum Gasteiger partial charge on any atom is 0.254 e. The van der Waals surface area contributed by atoms with Crippen LogP contribution in [0, 0.1) is 0 Å². The van der Waals surface area contributed by atoms with Crippen LogP contribution in [0.15, 0.2) is 48.5 Å². The molecule has 1 fully saturated rings. The van der Waals surface area contributed by atoms with Crippen LogP contribution in [0.1, 0.15) is 52.1 Å². The fourth-order valence-electron chi connectivity index (χ4n) is 3.28. The van der Waals surface area contributed by atoms with Crippen LogP contribution in [0.5, 0.6) is 5.75 Å². The van der Waals surface area contributed by atoms with Crippen molar-refractivity contribution in [2.45, 2.75) is 25.8 Å². The lowest BCUT2D eigenvalue weighted by Gasteiger charge is -2.25. The molecule has 1 aliphatic rings. The van der Waals surface area contributed by atoms with Gasteiger partial charge in [-0.25, -0.2) is 0 Å². The predicted octanol–water partition coefficient (Wildman–Crippen LogP) is 3.16. The largest absolute Gasteiger partial charge is 0.494 e. The minimum atomic E-state index is -0.529. The lowest BCUT2D eigenvalue weighted by molar-refractivity contribution is 0.0735. The Hall–Kier alpha value is -2.82. The van der Waals surface area contributed by atoms with Crippen molar-refractivity contribution in [2.24, 2.45) is 5.73 Å². The second-order valence-corrected chi connectivity index (χ2v) is 6.10. The van der Waals surface area contributed by atoms with Crippen molar-refractivity contribution in [3.05, 3.63) is 65.2 Å². The van der Waals surface area contributed by atoms with Crippen molar-refractivity contribution in [2.75, 3.05) is 13.2 Å². The number of carbonyl (C=O) groups excluding carboxylic acids is 2. The first-order valence-electron chi connectivity index (χ1n) is 8.53. The van der Waals surface area contributed by atoms with Gasteiger partial charge >= 0.3 is 0 Å². The molecule has 0 radical (unpaired) electrons. The molecule has 1 unspecified atom stereocenters. The Labute approximate surface area is 147 Å². The quantitative estimate of drug-likeness (QED) is 0.910. The minimum Gasteiger partial charge on any atom is -0.494 e. The molecule has 2 amide bonds. The summed E-state index contributed by atoms with van der Waals surface area (Å²) in [4.78, 5) is 26.1. The number of ether oxygens (including phenoxy) is 1. The lowest BCUT2D eigenvalue weighted by Crippen LogP contribution is -2.30. The summed E-state index contributed by atoms with van der Waals surface area (Å²) in [5, 5.41) is 0. The number of carbonyl (C=O) groups is 2. The topological polar surface area (TPSA) is 72.6 Å².